The van der Waals surface area contributed by atoms with Gasteiger partial charge in [0.1, 0.15) is 16.7 Å². The van der Waals surface area contributed by atoms with Crippen LogP contribution in [-0.4, -0.2) is 19.5 Å². The van der Waals surface area contributed by atoms with Crippen LogP contribution in [0.3, 0.4) is 0 Å². The molecule has 3 aromatic heterocycles. The highest BCUT2D eigenvalue weighted by molar-refractivity contribution is 7.20. The lowest BCUT2D eigenvalue weighted by molar-refractivity contribution is 0.954. The predicted molar refractivity (Wildman–Crippen MR) is 64.0 cm³/mol. The number of hydrogen-bond acceptors (Lipinski definition) is 4. The summed E-state index contributed by atoms with van der Waals surface area (Å²) in [6.45, 7) is 4.15. The molecule has 3 aromatic rings. The average molecular weight is 230 g/mol. The quantitative estimate of drug-likeness (QED) is 0.645. The van der Waals surface area contributed by atoms with Crippen LogP contribution < -0.4 is 0 Å². The van der Waals surface area contributed by atoms with E-state index in [1.165, 1.54) is 11.4 Å². The fraction of sp³-hybridized carbons (Fsp3) is 0.182. The molecule has 3 heterocycles. The van der Waals surface area contributed by atoms with Crippen molar-refractivity contribution in [3.63, 3.8) is 0 Å². The maximum Gasteiger partial charge on any atom is 0.196 e. The molecule has 0 aliphatic heterocycles. The summed E-state index contributed by atoms with van der Waals surface area (Å²) in [6.07, 6.45) is 3.30. The van der Waals surface area contributed by atoms with Crippen LogP contribution in [0.4, 0.5) is 0 Å². The third kappa shape index (κ3) is 1.32. The van der Waals surface area contributed by atoms with Gasteiger partial charge in [-0.3, -0.25) is 4.57 Å². The molecule has 0 saturated carbocycles. The monoisotopic (exact) mass is 230 g/mol. The molecule has 0 unspecified atom stereocenters. The van der Waals surface area contributed by atoms with Gasteiger partial charge in [0.2, 0.25) is 0 Å². The maximum absolute atomic E-state index is 4.53. The van der Waals surface area contributed by atoms with Crippen molar-refractivity contribution in [1.29, 1.82) is 0 Å². The largest absolute Gasteiger partial charge is 0.295 e. The van der Waals surface area contributed by atoms with Crippen LogP contribution in [0.5, 0.6) is 0 Å². The minimum absolute atomic E-state index is 0.856. The Hall–Kier alpha value is -1.75. The van der Waals surface area contributed by atoms with Gasteiger partial charge in [0.05, 0.1) is 6.20 Å². The van der Waals surface area contributed by atoms with Gasteiger partial charge in [-0.25, -0.2) is 15.0 Å². The van der Waals surface area contributed by atoms with E-state index in [0.29, 0.717) is 0 Å². The van der Waals surface area contributed by atoms with E-state index in [9.17, 15) is 0 Å². The summed E-state index contributed by atoms with van der Waals surface area (Å²) in [5.74, 6) is 0. The Morgan fingerprint density at radius 1 is 1.19 bits per heavy atom. The topological polar surface area (TPSA) is 43.6 Å². The van der Waals surface area contributed by atoms with E-state index in [0.717, 1.165) is 15.5 Å². The fourth-order valence-electron chi connectivity index (χ4n) is 1.74. The first-order valence-corrected chi connectivity index (χ1v) is 5.79. The Kier molecular flexibility index (Phi) is 2.00. The van der Waals surface area contributed by atoms with Gasteiger partial charge in [0, 0.05) is 11.4 Å². The number of fused-ring (bicyclic) bond motifs is 1. The summed E-state index contributed by atoms with van der Waals surface area (Å²) >= 11 is 1.58. The predicted octanol–water partition coefficient (Wildman–Crippen LogP) is 2.49. The highest BCUT2D eigenvalue weighted by Crippen LogP contribution is 2.24. The summed E-state index contributed by atoms with van der Waals surface area (Å²) in [6, 6.07) is 4.18. The number of rotatable bonds is 1. The lowest BCUT2D eigenvalue weighted by atomic mass is 10.5. The second-order valence-electron chi connectivity index (χ2n) is 3.66. The number of aromatic nitrogens is 4. The molecule has 5 heteroatoms. The standard InChI is InChI=1S/C11H10N4S/c1-7-3-4-8(2)15(7)11-14-9-5-12-6-13-10(9)16-11/h3-6H,1-2H3. The molecule has 0 aliphatic carbocycles. The zero-order valence-electron chi connectivity index (χ0n) is 9.01. The minimum Gasteiger partial charge on any atom is -0.295 e. The molecule has 0 spiro atoms. The van der Waals surface area contributed by atoms with E-state index in [4.69, 9.17) is 0 Å². The van der Waals surface area contributed by atoms with Crippen LogP contribution in [-0.2, 0) is 0 Å². The molecule has 0 fully saturated rings. The lowest BCUT2D eigenvalue weighted by Crippen LogP contribution is -1.97. The van der Waals surface area contributed by atoms with Crippen molar-refractivity contribution in [3.05, 3.63) is 36.0 Å². The van der Waals surface area contributed by atoms with Crippen molar-refractivity contribution in [2.45, 2.75) is 13.8 Å². The third-order valence-electron chi connectivity index (χ3n) is 2.52. The molecule has 0 N–H and O–H groups in total. The molecule has 0 radical (unpaired) electrons. The van der Waals surface area contributed by atoms with Crippen molar-refractivity contribution in [2.75, 3.05) is 0 Å². The number of thiazole rings is 1. The van der Waals surface area contributed by atoms with E-state index < -0.39 is 0 Å². The second-order valence-corrected chi connectivity index (χ2v) is 4.62. The van der Waals surface area contributed by atoms with E-state index in [1.807, 2.05) is 0 Å². The lowest BCUT2D eigenvalue weighted by Gasteiger charge is -2.03. The van der Waals surface area contributed by atoms with Crippen molar-refractivity contribution >= 4 is 21.7 Å². The number of hydrogen-bond donors (Lipinski definition) is 0. The van der Waals surface area contributed by atoms with Gasteiger partial charge in [-0.15, -0.1) is 0 Å². The minimum atomic E-state index is 0.856. The fourth-order valence-corrected chi connectivity index (χ4v) is 2.74. The van der Waals surface area contributed by atoms with Gasteiger partial charge in [-0.1, -0.05) is 11.3 Å². The summed E-state index contributed by atoms with van der Waals surface area (Å²) in [5, 5.41) is 0.954. The Morgan fingerprint density at radius 2 is 1.94 bits per heavy atom. The first-order chi connectivity index (χ1) is 7.75. The van der Waals surface area contributed by atoms with Crippen LogP contribution in [0.1, 0.15) is 11.4 Å². The Balaban J connectivity index is 2.27. The second kappa shape index (κ2) is 3.38. The molecule has 0 bridgehead atoms. The molecular formula is C11H10N4S. The first kappa shape index (κ1) is 9.47. The van der Waals surface area contributed by atoms with Crippen molar-refractivity contribution in [2.24, 2.45) is 0 Å². The Morgan fingerprint density at radius 3 is 2.62 bits per heavy atom. The summed E-state index contributed by atoms with van der Waals surface area (Å²) < 4.78 is 2.13. The Bertz CT molecular complexity index is 600. The molecule has 4 nitrogen and oxygen atoms in total. The number of nitrogens with zero attached hydrogens (tertiary/aromatic N) is 4. The third-order valence-corrected chi connectivity index (χ3v) is 3.49. The average Bonchev–Trinajstić information content (AvgIpc) is 2.82. The molecule has 0 aromatic carbocycles. The van der Waals surface area contributed by atoms with Gasteiger partial charge < -0.3 is 0 Å². The summed E-state index contributed by atoms with van der Waals surface area (Å²) in [7, 11) is 0. The van der Waals surface area contributed by atoms with Crippen LogP contribution in [0.15, 0.2) is 24.7 Å². The molecular weight excluding hydrogens is 220 g/mol. The van der Waals surface area contributed by atoms with Crippen molar-refractivity contribution < 1.29 is 0 Å². The zero-order chi connectivity index (χ0) is 11.1. The molecule has 0 saturated heterocycles. The maximum atomic E-state index is 4.53. The van der Waals surface area contributed by atoms with Crippen LogP contribution in [0.25, 0.3) is 15.5 Å². The van der Waals surface area contributed by atoms with Gasteiger partial charge in [-0.2, -0.15) is 0 Å². The van der Waals surface area contributed by atoms with Crippen LogP contribution in [0, 0.1) is 13.8 Å². The van der Waals surface area contributed by atoms with Crippen molar-refractivity contribution in [1.82, 2.24) is 19.5 Å². The van der Waals surface area contributed by atoms with Crippen LogP contribution in [0.2, 0.25) is 0 Å². The van der Waals surface area contributed by atoms with E-state index in [-0.39, 0.29) is 0 Å². The number of aryl methyl sites for hydroxylation is 2. The van der Waals surface area contributed by atoms with Gasteiger partial charge in [-0.05, 0) is 26.0 Å². The smallest absolute Gasteiger partial charge is 0.196 e. The molecule has 0 amide bonds. The SMILES string of the molecule is Cc1ccc(C)n1-c1nc2cncnc2s1. The zero-order valence-corrected chi connectivity index (χ0v) is 9.82. The molecule has 3 rings (SSSR count). The van der Waals surface area contributed by atoms with Gasteiger partial charge in [0.25, 0.3) is 0 Å². The summed E-state index contributed by atoms with van der Waals surface area (Å²) in [4.78, 5) is 13.6. The van der Waals surface area contributed by atoms with E-state index >= 15 is 0 Å². The van der Waals surface area contributed by atoms with E-state index in [1.54, 1.807) is 23.9 Å². The van der Waals surface area contributed by atoms with Gasteiger partial charge >= 0.3 is 0 Å². The van der Waals surface area contributed by atoms with E-state index in [2.05, 4.69) is 45.5 Å². The van der Waals surface area contributed by atoms with Gasteiger partial charge in [0.15, 0.2) is 5.13 Å². The molecule has 0 atom stereocenters. The molecule has 0 aliphatic rings. The molecule has 80 valence electrons. The Labute approximate surface area is 96.6 Å². The highest BCUT2D eigenvalue weighted by atomic mass is 32.1. The van der Waals surface area contributed by atoms with Crippen LogP contribution >= 0.6 is 11.3 Å². The molecule has 16 heavy (non-hydrogen) atoms. The normalized spacial score (nSPS) is 11.1. The first-order valence-electron chi connectivity index (χ1n) is 4.97. The highest BCUT2D eigenvalue weighted by Gasteiger charge is 2.09. The van der Waals surface area contributed by atoms with Crippen molar-refractivity contribution in [3.8, 4) is 5.13 Å². The summed E-state index contributed by atoms with van der Waals surface area (Å²) in [5.41, 5.74) is 3.23.